The summed E-state index contributed by atoms with van der Waals surface area (Å²) in [7, 11) is 0. The van der Waals surface area contributed by atoms with Crippen LogP contribution in [0.3, 0.4) is 0 Å². The van der Waals surface area contributed by atoms with Crippen LogP contribution in [0.15, 0.2) is 30.6 Å². The van der Waals surface area contributed by atoms with Crippen LogP contribution in [0.25, 0.3) is 22.2 Å². The van der Waals surface area contributed by atoms with E-state index in [2.05, 4.69) is 20.3 Å². The minimum atomic E-state index is -4.40. The van der Waals surface area contributed by atoms with Crippen molar-refractivity contribution in [2.45, 2.75) is 45.0 Å². The number of alkyl halides is 3. The van der Waals surface area contributed by atoms with E-state index in [0.717, 1.165) is 18.1 Å². The van der Waals surface area contributed by atoms with E-state index in [-0.39, 0.29) is 11.7 Å². The normalized spacial score (nSPS) is 17.0. The van der Waals surface area contributed by atoms with Crippen LogP contribution in [0, 0.1) is 0 Å². The third kappa shape index (κ3) is 3.64. The number of aromatic amines is 1. The fourth-order valence-electron chi connectivity index (χ4n) is 3.31. The van der Waals surface area contributed by atoms with Gasteiger partial charge in [0, 0.05) is 23.3 Å². The first kappa shape index (κ1) is 19.2. The summed E-state index contributed by atoms with van der Waals surface area (Å²) in [5.41, 5.74) is 1.91. The highest BCUT2D eigenvalue weighted by molar-refractivity contribution is 6.02. The summed E-state index contributed by atoms with van der Waals surface area (Å²) >= 11 is 0. The molecule has 1 aromatic carbocycles. The Bertz CT molecular complexity index is 1100. The molecule has 0 spiro atoms. The molecule has 4 rings (SSSR count). The summed E-state index contributed by atoms with van der Waals surface area (Å²) in [6, 6.07) is 3.55. The zero-order valence-electron chi connectivity index (χ0n) is 16.0. The maximum absolute atomic E-state index is 12.7. The van der Waals surface area contributed by atoms with Gasteiger partial charge in [0.05, 0.1) is 12.0 Å². The second kappa shape index (κ2) is 6.47. The predicted molar refractivity (Wildman–Crippen MR) is 102 cm³/mol. The minimum absolute atomic E-state index is 0.0274. The number of fused-ring (bicyclic) bond motifs is 2. The maximum Gasteiger partial charge on any atom is 0.408 e. The number of carbonyl (C=O) groups is 1. The van der Waals surface area contributed by atoms with E-state index in [1.165, 1.54) is 6.20 Å². The average Bonchev–Trinajstić information content (AvgIpc) is 3.02. The number of Topliss-reactive ketones (excluding diaryl/α,β-unsaturated/α-hetero) is 1. The second-order valence-electron chi connectivity index (χ2n) is 7.74. The standard InChI is InChI=1S/C20H19F3N4O2/c1-10(20(21,22)23)26-18-25-9-14-13(8-24-17(14)27-18)11-4-5-12-15(28)7-19(2,3)29-16(12)6-11/h4-6,8-10H,7H2,1-3H3,(H2,24,25,26,27)/t10-/m1/s1. The van der Waals surface area contributed by atoms with Crippen LogP contribution in [0.5, 0.6) is 5.75 Å². The van der Waals surface area contributed by atoms with E-state index in [0.29, 0.717) is 28.8 Å². The van der Waals surface area contributed by atoms with Crippen molar-refractivity contribution in [1.29, 1.82) is 0 Å². The monoisotopic (exact) mass is 404 g/mol. The van der Waals surface area contributed by atoms with Gasteiger partial charge in [-0.2, -0.15) is 18.2 Å². The van der Waals surface area contributed by atoms with Gasteiger partial charge in [-0.15, -0.1) is 0 Å². The second-order valence-corrected chi connectivity index (χ2v) is 7.74. The van der Waals surface area contributed by atoms with Crippen LogP contribution in [0.2, 0.25) is 0 Å². The van der Waals surface area contributed by atoms with Gasteiger partial charge in [0.1, 0.15) is 23.0 Å². The number of anilines is 1. The van der Waals surface area contributed by atoms with Gasteiger partial charge in [-0.25, -0.2) is 4.98 Å². The van der Waals surface area contributed by atoms with Gasteiger partial charge in [-0.05, 0) is 38.5 Å². The molecular formula is C20H19F3N4O2. The number of nitrogens with one attached hydrogen (secondary N) is 2. The third-order valence-electron chi connectivity index (χ3n) is 4.83. The molecule has 1 atom stereocenters. The van der Waals surface area contributed by atoms with Crippen LogP contribution < -0.4 is 10.1 Å². The van der Waals surface area contributed by atoms with Crippen LogP contribution in [-0.2, 0) is 0 Å². The van der Waals surface area contributed by atoms with Gasteiger partial charge in [0.25, 0.3) is 0 Å². The number of hydrogen-bond acceptors (Lipinski definition) is 5. The summed E-state index contributed by atoms with van der Waals surface area (Å²) in [5.74, 6) is 0.424. The quantitative estimate of drug-likeness (QED) is 0.660. The van der Waals surface area contributed by atoms with Crippen LogP contribution in [0.4, 0.5) is 19.1 Å². The first-order chi connectivity index (χ1) is 13.5. The van der Waals surface area contributed by atoms with E-state index in [1.54, 1.807) is 24.4 Å². The molecule has 0 saturated heterocycles. The lowest BCUT2D eigenvalue weighted by atomic mass is 9.91. The topological polar surface area (TPSA) is 79.9 Å². The number of halogens is 3. The molecule has 1 aliphatic heterocycles. The molecule has 0 saturated carbocycles. The number of ketones is 1. The fourth-order valence-corrected chi connectivity index (χ4v) is 3.31. The maximum atomic E-state index is 12.7. The highest BCUT2D eigenvalue weighted by atomic mass is 19.4. The smallest absolute Gasteiger partial charge is 0.408 e. The predicted octanol–water partition coefficient (Wildman–Crippen LogP) is 4.73. The van der Waals surface area contributed by atoms with Gasteiger partial charge in [-0.1, -0.05) is 6.07 Å². The highest BCUT2D eigenvalue weighted by Crippen LogP contribution is 2.37. The number of hydrogen-bond donors (Lipinski definition) is 2. The van der Waals surface area contributed by atoms with Gasteiger partial charge in [0.2, 0.25) is 5.95 Å². The number of rotatable bonds is 3. The lowest BCUT2D eigenvalue weighted by Gasteiger charge is -2.31. The molecule has 1 aliphatic rings. The average molecular weight is 404 g/mol. The molecular weight excluding hydrogens is 385 g/mol. The van der Waals surface area contributed by atoms with Crippen molar-refractivity contribution in [3.05, 3.63) is 36.2 Å². The number of aromatic nitrogens is 3. The molecule has 3 aromatic rings. The number of ether oxygens (including phenoxy) is 1. The first-order valence-electron chi connectivity index (χ1n) is 9.07. The molecule has 152 valence electrons. The minimum Gasteiger partial charge on any atom is -0.487 e. The summed E-state index contributed by atoms with van der Waals surface area (Å²) in [6.07, 6.45) is -0.914. The number of H-pyrrole nitrogens is 1. The Balaban J connectivity index is 1.68. The summed E-state index contributed by atoms with van der Waals surface area (Å²) in [5, 5.41) is 2.90. The Kier molecular flexibility index (Phi) is 4.29. The Hall–Kier alpha value is -3.10. The Morgan fingerprint density at radius 1 is 1.28 bits per heavy atom. The van der Waals surface area contributed by atoms with Crippen molar-refractivity contribution >= 4 is 22.8 Å². The molecule has 29 heavy (non-hydrogen) atoms. The first-order valence-corrected chi connectivity index (χ1v) is 9.07. The lowest BCUT2D eigenvalue weighted by molar-refractivity contribution is -0.138. The molecule has 0 unspecified atom stereocenters. The van der Waals surface area contributed by atoms with E-state index < -0.39 is 17.8 Å². The van der Waals surface area contributed by atoms with Crippen molar-refractivity contribution in [3.8, 4) is 16.9 Å². The van der Waals surface area contributed by atoms with E-state index in [9.17, 15) is 18.0 Å². The molecule has 6 nitrogen and oxygen atoms in total. The fraction of sp³-hybridized carbons (Fsp3) is 0.350. The Labute approximate surface area is 164 Å². The lowest BCUT2D eigenvalue weighted by Crippen LogP contribution is -2.35. The Morgan fingerprint density at radius 3 is 2.76 bits per heavy atom. The van der Waals surface area contributed by atoms with Crippen molar-refractivity contribution in [3.63, 3.8) is 0 Å². The van der Waals surface area contributed by atoms with Crippen molar-refractivity contribution < 1.29 is 22.7 Å². The van der Waals surface area contributed by atoms with Gasteiger partial charge in [0.15, 0.2) is 5.78 Å². The molecule has 9 heteroatoms. The van der Waals surface area contributed by atoms with Crippen LogP contribution >= 0.6 is 0 Å². The molecule has 0 fully saturated rings. The molecule has 3 heterocycles. The number of nitrogens with zero attached hydrogens (tertiary/aromatic N) is 2. The Morgan fingerprint density at radius 2 is 2.03 bits per heavy atom. The SMILES string of the molecule is C[C@@H](Nc1ncc2c(-c3ccc4c(c3)OC(C)(C)CC4=O)c[nH]c2n1)C(F)(F)F. The van der Waals surface area contributed by atoms with Crippen LogP contribution in [-0.4, -0.2) is 38.6 Å². The zero-order valence-corrected chi connectivity index (χ0v) is 16.0. The summed E-state index contributed by atoms with van der Waals surface area (Å²) in [4.78, 5) is 23.4. The van der Waals surface area contributed by atoms with Crippen LogP contribution in [0.1, 0.15) is 37.6 Å². The molecule has 2 aromatic heterocycles. The highest BCUT2D eigenvalue weighted by Gasteiger charge is 2.36. The molecule has 0 bridgehead atoms. The van der Waals surface area contributed by atoms with E-state index in [4.69, 9.17) is 4.74 Å². The van der Waals surface area contributed by atoms with Crippen molar-refractivity contribution in [2.75, 3.05) is 5.32 Å². The van der Waals surface area contributed by atoms with Gasteiger partial charge >= 0.3 is 6.18 Å². The molecule has 0 amide bonds. The van der Waals surface area contributed by atoms with E-state index in [1.807, 2.05) is 13.8 Å². The summed E-state index contributed by atoms with van der Waals surface area (Å²) < 4.78 is 44.2. The largest absolute Gasteiger partial charge is 0.487 e. The van der Waals surface area contributed by atoms with Crippen molar-refractivity contribution in [1.82, 2.24) is 15.0 Å². The van der Waals surface area contributed by atoms with Crippen molar-refractivity contribution in [2.24, 2.45) is 0 Å². The van der Waals surface area contributed by atoms with Gasteiger partial charge < -0.3 is 15.0 Å². The molecule has 0 radical (unpaired) electrons. The third-order valence-corrected chi connectivity index (χ3v) is 4.83. The summed E-state index contributed by atoms with van der Waals surface area (Å²) in [6.45, 7) is 4.72. The molecule has 0 aliphatic carbocycles. The van der Waals surface area contributed by atoms with Gasteiger partial charge in [-0.3, -0.25) is 4.79 Å². The van der Waals surface area contributed by atoms with E-state index >= 15 is 0 Å². The molecule has 2 N–H and O–H groups in total. The number of carbonyl (C=O) groups excluding carboxylic acids is 1. The zero-order chi connectivity index (χ0) is 21.0. The number of benzene rings is 1.